The Morgan fingerprint density at radius 3 is 2.74 bits per heavy atom. The molecule has 4 nitrogen and oxygen atoms in total. The first-order chi connectivity index (χ1) is 11.4. The van der Waals surface area contributed by atoms with Crippen LogP contribution in [0.3, 0.4) is 0 Å². The first-order valence-corrected chi connectivity index (χ1v) is 7.37. The fraction of sp³-hybridized carbons (Fsp3) is 0. The van der Waals surface area contributed by atoms with E-state index >= 15 is 0 Å². The van der Waals surface area contributed by atoms with Crippen LogP contribution in [0.1, 0.15) is 0 Å². The van der Waals surface area contributed by atoms with E-state index in [0.717, 1.165) is 44.2 Å². The van der Waals surface area contributed by atoms with E-state index < -0.39 is 0 Å². The molecule has 108 valence electrons. The van der Waals surface area contributed by atoms with Crippen molar-refractivity contribution in [2.75, 3.05) is 0 Å². The van der Waals surface area contributed by atoms with Gasteiger partial charge in [-0.2, -0.15) is 0 Å². The molecule has 0 saturated carbocycles. The Kier molecular flexibility index (Phi) is 2.46. The smallest absolute Gasteiger partial charge is 0.153 e. The Balaban J connectivity index is 1.84. The van der Waals surface area contributed by atoms with Crippen LogP contribution in [0, 0.1) is 0 Å². The van der Waals surface area contributed by atoms with Gasteiger partial charge in [0.05, 0.1) is 16.8 Å². The summed E-state index contributed by atoms with van der Waals surface area (Å²) < 4.78 is 5.81. The van der Waals surface area contributed by atoms with Gasteiger partial charge in [-0.05, 0) is 29.7 Å². The van der Waals surface area contributed by atoms with Crippen LogP contribution in [-0.4, -0.2) is 15.0 Å². The van der Waals surface area contributed by atoms with Crippen molar-refractivity contribution in [3.8, 4) is 11.4 Å². The summed E-state index contributed by atoms with van der Waals surface area (Å²) >= 11 is 0. The third-order valence-corrected chi connectivity index (χ3v) is 4.03. The summed E-state index contributed by atoms with van der Waals surface area (Å²) in [5, 5.41) is 3.16. The van der Waals surface area contributed by atoms with Crippen LogP contribution in [0.4, 0.5) is 0 Å². The average Bonchev–Trinajstić information content (AvgIpc) is 2.99. The highest BCUT2D eigenvalue weighted by atomic mass is 16.3. The van der Waals surface area contributed by atoms with Gasteiger partial charge >= 0.3 is 0 Å². The number of furan rings is 1. The van der Waals surface area contributed by atoms with Gasteiger partial charge in [-0.15, -0.1) is 0 Å². The van der Waals surface area contributed by atoms with Gasteiger partial charge in [0.2, 0.25) is 0 Å². The molecule has 0 saturated heterocycles. The van der Waals surface area contributed by atoms with E-state index in [0.29, 0.717) is 0 Å². The number of aromatic nitrogens is 3. The van der Waals surface area contributed by atoms with Crippen molar-refractivity contribution in [3.05, 3.63) is 67.1 Å². The van der Waals surface area contributed by atoms with Crippen LogP contribution < -0.4 is 0 Å². The molecular formula is C19H11N3O. The zero-order valence-corrected chi connectivity index (χ0v) is 12.1. The van der Waals surface area contributed by atoms with Crippen molar-refractivity contribution >= 4 is 32.8 Å². The van der Waals surface area contributed by atoms with Crippen LogP contribution in [0.15, 0.2) is 71.5 Å². The van der Waals surface area contributed by atoms with Crippen molar-refractivity contribution in [2.45, 2.75) is 0 Å². The standard InChI is InChI=1S/C19H11N3O/c1-2-4-13-12(3-1)7-10-21-18(13)15-5-6-17-19(22-15)14-11-20-9-8-16(14)23-17/h1-11H. The number of hydrogen-bond acceptors (Lipinski definition) is 4. The van der Waals surface area contributed by atoms with Crippen molar-refractivity contribution in [2.24, 2.45) is 0 Å². The van der Waals surface area contributed by atoms with Crippen LogP contribution in [0.25, 0.3) is 44.2 Å². The third-order valence-electron chi connectivity index (χ3n) is 4.03. The second-order valence-corrected chi connectivity index (χ2v) is 5.40. The number of benzene rings is 1. The topological polar surface area (TPSA) is 51.8 Å². The number of nitrogens with zero attached hydrogens (tertiary/aromatic N) is 3. The Bertz CT molecular complexity index is 1170. The zero-order valence-electron chi connectivity index (χ0n) is 12.1. The van der Waals surface area contributed by atoms with Gasteiger partial charge in [-0.25, -0.2) is 4.98 Å². The lowest BCUT2D eigenvalue weighted by molar-refractivity contribution is 0.667. The molecule has 0 spiro atoms. The number of fused-ring (bicyclic) bond motifs is 4. The molecule has 0 bridgehead atoms. The molecule has 4 heteroatoms. The highest BCUT2D eigenvalue weighted by Crippen LogP contribution is 2.30. The summed E-state index contributed by atoms with van der Waals surface area (Å²) in [4.78, 5) is 13.5. The predicted octanol–water partition coefficient (Wildman–Crippen LogP) is 4.59. The first kappa shape index (κ1) is 12.3. The summed E-state index contributed by atoms with van der Waals surface area (Å²) in [5.41, 5.74) is 4.09. The lowest BCUT2D eigenvalue weighted by Gasteiger charge is -2.04. The van der Waals surface area contributed by atoms with E-state index in [1.54, 1.807) is 12.4 Å². The molecule has 0 N–H and O–H groups in total. The van der Waals surface area contributed by atoms with E-state index in [4.69, 9.17) is 9.40 Å². The number of pyridine rings is 3. The van der Waals surface area contributed by atoms with Gasteiger partial charge in [-0.3, -0.25) is 9.97 Å². The summed E-state index contributed by atoms with van der Waals surface area (Å²) in [5.74, 6) is 0. The lowest BCUT2D eigenvalue weighted by atomic mass is 10.1. The zero-order chi connectivity index (χ0) is 15.2. The number of hydrogen-bond donors (Lipinski definition) is 0. The molecule has 0 aliphatic rings. The third kappa shape index (κ3) is 1.82. The highest BCUT2D eigenvalue weighted by molar-refractivity contribution is 6.03. The molecule has 0 radical (unpaired) electrons. The van der Waals surface area contributed by atoms with Crippen LogP contribution in [0.2, 0.25) is 0 Å². The van der Waals surface area contributed by atoms with Gasteiger partial charge < -0.3 is 4.42 Å². The molecule has 0 unspecified atom stereocenters. The Labute approximate surface area is 131 Å². The molecule has 0 atom stereocenters. The van der Waals surface area contributed by atoms with Crippen molar-refractivity contribution in [1.29, 1.82) is 0 Å². The number of rotatable bonds is 1. The molecule has 0 fully saturated rings. The second-order valence-electron chi connectivity index (χ2n) is 5.40. The van der Waals surface area contributed by atoms with E-state index in [-0.39, 0.29) is 0 Å². The van der Waals surface area contributed by atoms with Crippen molar-refractivity contribution in [1.82, 2.24) is 15.0 Å². The minimum atomic E-state index is 0.761. The fourth-order valence-electron chi connectivity index (χ4n) is 2.94. The lowest BCUT2D eigenvalue weighted by Crippen LogP contribution is -1.89. The molecule has 0 amide bonds. The highest BCUT2D eigenvalue weighted by Gasteiger charge is 2.12. The van der Waals surface area contributed by atoms with Crippen LogP contribution in [0.5, 0.6) is 0 Å². The molecule has 0 aliphatic heterocycles. The first-order valence-electron chi connectivity index (χ1n) is 7.37. The SMILES string of the molecule is c1ccc2c(-c3ccc4oc5ccncc5c4n3)nccc2c1. The Morgan fingerprint density at radius 2 is 1.74 bits per heavy atom. The molecule has 23 heavy (non-hydrogen) atoms. The van der Waals surface area contributed by atoms with E-state index in [9.17, 15) is 0 Å². The van der Waals surface area contributed by atoms with Gasteiger partial charge in [0, 0.05) is 24.0 Å². The maximum Gasteiger partial charge on any atom is 0.153 e. The molecule has 5 aromatic rings. The van der Waals surface area contributed by atoms with Gasteiger partial charge in [0.25, 0.3) is 0 Å². The normalized spacial score (nSPS) is 11.5. The molecular weight excluding hydrogens is 286 g/mol. The predicted molar refractivity (Wildman–Crippen MR) is 90.0 cm³/mol. The fourth-order valence-corrected chi connectivity index (χ4v) is 2.94. The second kappa shape index (κ2) is 4.61. The van der Waals surface area contributed by atoms with Crippen LogP contribution in [-0.2, 0) is 0 Å². The minimum absolute atomic E-state index is 0.761. The summed E-state index contributed by atoms with van der Waals surface area (Å²) in [6, 6.07) is 15.9. The molecule has 0 aliphatic carbocycles. The van der Waals surface area contributed by atoms with Gasteiger partial charge in [-0.1, -0.05) is 24.3 Å². The van der Waals surface area contributed by atoms with Gasteiger partial charge in [0.1, 0.15) is 11.1 Å². The summed E-state index contributed by atoms with van der Waals surface area (Å²) in [6.45, 7) is 0. The maximum absolute atomic E-state index is 5.81. The van der Waals surface area contributed by atoms with E-state index in [2.05, 4.69) is 22.1 Å². The van der Waals surface area contributed by atoms with Crippen molar-refractivity contribution in [3.63, 3.8) is 0 Å². The molecule has 5 rings (SSSR count). The van der Waals surface area contributed by atoms with Crippen LogP contribution >= 0.6 is 0 Å². The van der Waals surface area contributed by atoms with Gasteiger partial charge in [0.15, 0.2) is 5.58 Å². The van der Waals surface area contributed by atoms with Crippen molar-refractivity contribution < 1.29 is 4.42 Å². The molecule has 1 aromatic carbocycles. The maximum atomic E-state index is 5.81. The summed E-state index contributed by atoms with van der Waals surface area (Å²) in [6.07, 6.45) is 5.32. The van der Waals surface area contributed by atoms with E-state index in [1.807, 2.05) is 42.6 Å². The largest absolute Gasteiger partial charge is 0.454 e. The van der Waals surface area contributed by atoms with E-state index in [1.165, 1.54) is 0 Å². The quantitative estimate of drug-likeness (QED) is 0.454. The minimum Gasteiger partial charge on any atom is -0.454 e. The Hall–Kier alpha value is -3.27. The Morgan fingerprint density at radius 1 is 0.783 bits per heavy atom. The summed E-state index contributed by atoms with van der Waals surface area (Å²) in [7, 11) is 0. The monoisotopic (exact) mass is 297 g/mol. The molecule has 4 heterocycles. The molecule has 4 aromatic heterocycles. The average molecular weight is 297 g/mol.